The minimum Gasteiger partial charge on any atom is -0.362 e. The zero-order chi connectivity index (χ0) is 18.8. The lowest BCUT2D eigenvalue weighted by molar-refractivity contribution is 0.340. The van der Waals surface area contributed by atoms with Crippen molar-refractivity contribution in [3.05, 3.63) is 45.9 Å². The molecule has 0 aliphatic carbocycles. The number of fused-ring (bicyclic) bond motifs is 1. The average Bonchev–Trinajstić information content (AvgIpc) is 2.82. The van der Waals surface area contributed by atoms with Crippen LogP contribution in [-0.4, -0.2) is 30.7 Å². The highest BCUT2D eigenvalue weighted by molar-refractivity contribution is 6.31. The van der Waals surface area contributed by atoms with Crippen LogP contribution in [0.3, 0.4) is 0 Å². The molecule has 3 aromatic rings. The Hall–Kier alpha value is -2.13. The highest BCUT2D eigenvalue weighted by atomic mass is 35.5. The lowest BCUT2D eigenvalue weighted by Crippen LogP contribution is -2.09. The molecule has 0 aliphatic rings. The number of rotatable bonds is 6. The van der Waals surface area contributed by atoms with Gasteiger partial charge in [-0.25, -0.2) is 27.7 Å². The summed E-state index contributed by atoms with van der Waals surface area (Å²) < 4.78 is 42.7. The first kappa shape index (κ1) is 18.7. The first-order chi connectivity index (χ1) is 12.4. The molecule has 0 radical (unpaired) electrons. The Morgan fingerprint density at radius 2 is 2.08 bits per heavy atom. The zero-order valence-corrected chi connectivity index (χ0v) is 15.0. The smallest absolute Gasteiger partial charge is 0.243 e. The molecule has 26 heavy (non-hydrogen) atoms. The van der Waals surface area contributed by atoms with E-state index in [2.05, 4.69) is 25.4 Å². The molecule has 0 aliphatic heterocycles. The summed E-state index contributed by atoms with van der Waals surface area (Å²) in [5.74, 6) is -1.29. The summed E-state index contributed by atoms with van der Waals surface area (Å²) in [7, 11) is 0. The molecule has 3 rings (SSSR count). The average molecular weight is 405 g/mol. The van der Waals surface area contributed by atoms with E-state index in [9.17, 15) is 13.2 Å². The van der Waals surface area contributed by atoms with Crippen LogP contribution in [0.2, 0.25) is 10.4 Å². The summed E-state index contributed by atoms with van der Waals surface area (Å²) in [4.78, 5) is 11.3. The second kappa shape index (κ2) is 7.63. The van der Waals surface area contributed by atoms with Crippen LogP contribution in [-0.2, 0) is 13.0 Å². The van der Waals surface area contributed by atoms with Crippen LogP contribution in [0.25, 0.3) is 5.52 Å². The Morgan fingerprint density at radius 3 is 2.77 bits per heavy atom. The molecular formula is C15H13Cl2F3N6. The number of hydrogen-bond acceptors (Lipinski definition) is 5. The number of anilines is 1. The maximum Gasteiger partial charge on any atom is 0.243 e. The van der Waals surface area contributed by atoms with Gasteiger partial charge in [0.1, 0.15) is 17.0 Å². The van der Waals surface area contributed by atoms with Gasteiger partial charge in [0, 0.05) is 5.56 Å². The molecule has 0 bridgehead atoms. The van der Waals surface area contributed by atoms with Crippen molar-refractivity contribution in [2.45, 2.75) is 32.5 Å². The molecule has 3 aromatic heterocycles. The summed E-state index contributed by atoms with van der Waals surface area (Å²) in [6, 6.07) is 0. The molecule has 0 spiro atoms. The van der Waals surface area contributed by atoms with E-state index in [-0.39, 0.29) is 52.4 Å². The van der Waals surface area contributed by atoms with Gasteiger partial charge in [0.25, 0.3) is 0 Å². The molecule has 0 saturated carbocycles. The van der Waals surface area contributed by atoms with Crippen LogP contribution in [0.1, 0.15) is 24.6 Å². The topological polar surface area (TPSA) is 68.0 Å². The molecule has 0 saturated heterocycles. The van der Waals surface area contributed by atoms with Crippen LogP contribution < -0.4 is 5.32 Å². The van der Waals surface area contributed by atoms with E-state index in [1.54, 1.807) is 0 Å². The maximum absolute atomic E-state index is 14.8. The lowest BCUT2D eigenvalue weighted by atomic mass is 10.1. The molecule has 138 valence electrons. The van der Waals surface area contributed by atoms with Crippen LogP contribution >= 0.6 is 23.2 Å². The van der Waals surface area contributed by atoms with Gasteiger partial charge in [-0.05, 0) is 31.4 Å². The third-order valence-corrected chi connectivity index (χ3v) is 4.24. The van der Waals surface area contributed by atoms with E-state index >= 15 is 0 Å². The van der Waals surface area contributed by atoms with E-state index in [1.165, 1.54) is 13.3 Å². The molecule has 6 nitrogen and oxygen atoms in total. The Labute approximate surface area is 156 Å². The van der Waals surface area contributed by atoms with Crippen LogP contribution in [0.4, 0.5) is 19.0 Å². The molecule has 0 aromatic carbocycles. The standard InChI is InChI=1S/C15H13Cl2F3N6/c1-7(18)2-3-8-11(20)12-14(24-15(17)25-26(12)13(8)16)22-5-10-9(19)4-21-6-23-10/h4,6-7H,2-3,5H2,1H3,(H,22,24,25). The van der Waals surface area contributed by atoms with E-state index in [4.69, 9.17) is 23.2 Å². The van der Waals surface area contributed by atoms with Crippen molar-refractivity contribution < 1.29 is 13.2 Å². The molecule has 0 amide bonds. The van der Waals surface area contributed by atoms with Crippen molar-refractivity contribution in [2.75, 3.05) is 5.32 Å². The fourth-order valence-electron chi connectivity index (χ4n) is 2.42. The van der Waals surface area contributed by atoms with E-state index in [0.29, 0.717) is 0 Å². The Balaban J connectivity index is 1.99. The van der Waals surface area contributed by atoms with E-state index in [1.807, 2.05) is 0 Å². The highest BCUT2D eigenvalue weighted by Gasteiger charge is 2.23. The fraction of sp³-hybridized carbons (Fsp3) is 0.333. The zero-order valence-electron chi connectivity index (χ0n) is 13.5. The van der Waals surface area contributed by atoms with Gasteiger partial charge in [0.05, 0.1) is 24.6 Å². The van der Waals surface area contributed by atoms with Crippen LogP contribution in [0.5, 0.6) is 0 Å². The predicted octanol–water partition coefficient (Wildman–Crippen LogP) is 4.01. The van der Waals surface area contributed by atoms with Crippen LogP contribution in [0, 0.1) is 11.6 Å². The van der Waals surface area contributed by atoms with Crippen molar-refractivity contribution in [3.8, 4) is 0 Å². The Kier molecular flexibility index (Phi) is 5.47. The molecule has 1 atom stereocenters. The van der Waals surface area contributed by atoms with Gasteiger partial charge in [-0.15, -0.1) is 5.10 Å². The van der Waals surface area contributed by atoms with Gasteiger partial charge in [-0.2, -0.15) is 4.98 Å². The first-order valence-corrected chi connectivity index (χ1v) is 8.38. The summed E-state index contributed by atoms with van der Waals surface area (Å²) in [5, 5.41) is 6.45. The number of aromatic nitrogens is 5. The number of alkyl halides is 1. The van der Waals surface area contributed by atoms with Gasteiger partial charge in [-0.3, -0.25) is 0 Å². The van der Waals surface area contributed by atoms with Crippen molar-refractivity contribution in [1.29, 1.82) is 0 Å². The van der Waals surface area contributed by atoms with Gasteiger partial charge in [0.2, 0.25) is 5.28 Å². The second-order valence-electron chi connectivity index (χ2n) is 5.56. The largest absolute Gasteiger partial charge is 0.362 e. The van der Waals surface area contributed by atoms with Crippen LogP contribution in [0.15, 0.2) is 12.5 Å². The number of nitrogens with one attached hydrogen (secondary N) is 1. The highest BCUT2D eigenvalue weighted by Crippen LogP contribution is 2.31. The van der Waals surface area contributed by atoms with Crippen molar-refractivity contribution in [3.63, 3.8) is 0 Å². The minimum absolute atomic E-state index is 0.0151. The maximum atomic E-state index is 14.8. The summed E-state index contributed by atoms with van der Waals surface area (Å²) in [6.45, 7) is 1.29. The molecule has 3 heterocycles. The normalized spacial score (nSPS) is 12.5. The van der Waals surface area contributed by atoms with Crippen molar-refractivity contribution in [2.24, 2.45) is 0 Å². The minimum atomic E-state index is -1.11. The Morgan fingerprint density at radius 1 is 1.31 bits per heavy atom. The van der Waals surface area contributed by atoms with Gasteiger partial charge in [0.15, 0.2) is 17.5 Å². The quantitative estimate of drug-likeness (QED) is 0.672. The number of hydrogen-bond donors (Lipinski definition) is 1. The third-order valence-electron chi connectivity index (χ3n) is 3.69. The van der Waals surface area contributed by atoms with E-state index < -0.39 is 17.8 Å². The molecule has 1 unspecified atom stereocenters. The summed E-state index contributed by atoms with van der Waals surface area (Å²) >= 11 is 12.0. The van der Waals surface area contributed by atoms with Crippen molar-refractivity contribution >= 4 is 34.5 Å². The Bertz CT molecular complexity index is 947. The second-order valence-corrected chi connectivity index (χ2v) is 6.26. The molecule has 11 heteroatoms. The SMILES string of the molecule is CC(F)CCc1c(F)c2c(NCc3ncncc3F)nc(Cl)nn2c1Cl. The summed E-state index contributed by atoms with van der Waals surface area (Å²) in [6.07, 6.45) is 1.28. The number of halogens is 5. The fourth-order valence-corrected chi connectivity index (χ4v) is 2.88. The van der Waals surface area contributed by atoms with Gasteiger partial charge in [-0.1, -0.05) is 11.6 Å². The lowest BCUT2D eigenvalue weighted by Gasteiger charge is -2.08. The van der Waals surface area contributed by atoms with Gasteiger partial charge >= 0.3 is 0 Å². The predicted molar refractivity (Wildman–Crippen MR) is 91.2 cm³/mol. The molecule has 0 fully saturated rings. The first-order valence-electron chi connectivity index (χ1n) is 7.63. The summed E-state index contributed by atoms with van der Waals surface area (Å²) in [5.41, 5.74) is 0.122. The monoisotopic (exact) mass is 404 g/mol. The molecular weight excluding hydrogens is 392 g/mol. The molecule has 1 N–H and O–H groups in total. The third kappa shape index (κ3) is 3.68. The van der Waals surface area contributed by atoms with E-state index in [0.717, 1.165) is 10.7 Å². The number of nitrogens with zero attached hydrogens (tertiary/aromatic N) is 5. The van der Waals surface area contributed by atoms with Gasteiger partial charge < -0.3 is 5.32 Å². The van der Waals surface area contributed by atoms with Crippen molar-refractivity contribution in [1.82, 2.24) is 24.6 Å².